The van der Waals surface area contributed by atoms with Crippen molar-refractivity contribution in [1.82, 2.24) is 4.31 Å². The number of sulfonamides is 1. The van der Waals surface area contributed by atoms with Gasteiger partial charge in [0.05, 0.1) is 22.4 Å². The van der Waals surface area contributed by atoms with Crippen LogP contribution in [0.1, 0.15) is 58.4 Å². The monoisotopic (exact) mass is 556 g/mol. The Morgan fingerprint density at radius 1 is 1.14 bits per heavy atom. The molecule has 1 aliphatic heterocycles. The normalized spacial score (nSPS) is 16.9. The molecule has 2 aromatic carbocycles. The van der Waals surface area contributed by atoms with Gasteiger partial charge < -0.3 is 14.8 Å². The first-order chi connectivity index (χ1) is 16.9. The number of nitrogens with one attached hydrogen (secondary N) is 1. The Labute approximate surface area is 224 Å². The maximum atomic E-state index is 12.7. The van der Waals surface area contributed by atoms with E-state index in [-0.39, 0.29) is 40.0 Å². The summed E-state index contributed by atoms with van der Waals surface area (Å²) in [6.45, 7) is 8.32. The number of carbonyl (C=O) groups is 1. The molecule has 198 valence electrons. The van der Waals surface area contributed by atoms with E-state index in [1.165, 1.54) is 4.31 Å². The third kappa shape index (κ3) is 6.85. The van der Waals surface area contributed by atoms with Crippen LogP contribution in [0.15, 0.2) is 30.3 Å². The van der Waals surface area contributed by atoms with Gasteiger partial charge in [0.25, 0.3) is 0 Å². The number of halogens is 2. The molecule has 1 heterocycles. The van der Waals surface area contributed by atoms with Crippen molar-refractivity contribution in [2.45, 2.75) is 58.1 Å². The van der Waals surface area contributed by atoms with Crippen LogP contribution in [0.2, 0.25) is 10.0 Å². The fraction of sp³-hybridized carbons (Fsp3) is 0.500. The van der Waals surface area contributed by atoms with Crippen LogP contribution in [0.3, 0.4) is 0 Å². The summed E-state index contributed by atoms with van der Waals surface area (Å²) in [6, 6.07) is 8.67. The number of rotatable bonds is 9. The molecule has 3 rings (SSSR count). The van der Waals surface area contributed by atoms with Gasteiger partial charge in [0.15, 0.2) is 5.75 Å². The van der Waals surface area contributed by atoms with Gasteiger partial charge in [-0.05, 0) is 68.9 Å². The number of benzene rings is 2. The minimum atomic E-state index is -3.34. The van der Waals surface area contributed by atoms with Crippen molar-refractivity contribution in [2.75, 3.05) is 25.5 Å². The maximum absolute atomic E-state index is 12.7. The highest BCUT2D eigenvalue weighted by Gasteiger charge is 2.31. The van der Waals surface area contributed by atoms with Crippen LogP contribution in [0.4, 0.5) is 5.69 Å². The van der Waals surface area contributed by atoms with Gasteiger partial charge in [-0.2, -0.15) is 0 Å². The fourth-order valence-electron chi connectivity index (χ4n) is 4.27. The van der Waals surface area contributed by atoms with Crippen LogP contribution in [0, 0.1) is 5.92 Å². The highest BCUT2D eigenvalue weighted by molar-refractivity contribution is 7.89. The number of anilines is 1. The van der Waals surface area contributed by atoms with Gasteiger partial charge >= 0.3 is 0 Å². The Kier molecular flexibility index (Phi) is 9.55. The third-order valence-electron chi connectivity index (χ3n) is 6.24. The zero-order chi connectivity index (χ0) is 26.6. The van der Waals surface area contributed by atoms with E-state index in [9.17, 15) is 13.2 Å². The molecule has 36 heavy (non-hydrogen) atoms. The summed E-state index contributed by atoms with van der Waals surface area (Å²) in [5, 5.41) is 2.86. The Balaban J connectivity index is 1.67. The standard InChI is InChI=1S/C26H34Cl2N2O5S/c1-16(2)21-14-20(8-9-24(21)34-5)35-26-22(27)12-19(13-23(26)28)29-25(31)11-18-7-6-10-30(15-18)36(32,33)17(3)4/h8-9,12-14,16-18H,6-7,10-11,15H2,1-5H3,(H,29,31)/t18-/m1/s1. The first kappa shape index (κ1) is 28.6. The molecule has 0 unspecified atom stereocenters. The average Bonchev–Trinajstić information content (AvgIpc) is 2.81. The number of hydrogen-bond acceptors (Lipinski definition) is 5. The Bertz CT molecular complexity index is 1180. The quantitative estimate of drug-likeness (QED) is 0.371. The SMILES string of the molecule is COc1ccc(Oc2c(Cl)cc(NC(=O)C[C@H]3CCCN(S(=O)(=O)C(C)C)C3)cc2Cl)cc1C(C)C. The first-order valence-electron chi connectivity index (χ1n) is 12.1. The van der Waals surface area contributed by atoms with Gasteiger partial charge in [-0.25, -0.2) is 12.7 Å². The van der Waals surface area contributed by atoms with E-state index in [2.05, 4.69) is 19.2 Å². The van der Waals surface area contributed by atoms with E-state index in [1.54, 1.807) is 39.2 Å². The molecule has 2 aromatic rings. The van der Waals surface area contributed by atoms with Crippen molar-refractivity contribution >= 4 is 44.8 Å². The smallest absolute Gasteiger partial charge is 0.224 e. The minimum absolute atomic E-state index is 0.0500. The van der Waals surface area contributed by atoms with E-state index in [0.29, 0.717) is 24.5 Å². The highest BCUT2D eigenvalue weighted by Crippen LogP contribution is 2.40. The lowest BCUT2D eigenvalue weighted by atomic mass is 9.96. The zero-order valence-electron chi connectivity index (χ0n) is 21.3. The van der Waals surface area contributed by atoms with Crippen molar-refractivity contribution in [1.29, 1.82) is 0 Å². The van der Waals surface area contributed by atoms with E-state index < -0.39 is 15.3 Å². The first-order valence-corrected chi connectivity index (χ1v) is 14.3. The van der Waals surface area contributed by atoms with Crippen LogP contribution in [-0.2, 0) is 14.8 Å². The molecule has 1 fully saturated rings. The van der Waals surface area contributed by atoms with E-state index in [1.807, 2.05) is 12.1 Å². The molecule has 0 saturated carbocycles. The lowest BCUT2D eigenvalue weighted by Crippen LogP contribution is -2.43. The van der Waals surface area contributed by atoms with Crippen LogP contribution < -0.4 is 14.8 Å². The molecule has 0 radical (unpaired) electrons. The predicted octanol–water partition coefficient (Wildman–Crippen LogP) is 6.70. The van der Waals surface area contributed by atoms with Crippen molar-refractivity contribution < 1.29 is 22.7 Å². The summed E-state index contributed by atoms with van der Waals surface area (Å²) >= 11 is 12.9. The topological polar surface area (TPSA) is 84.9 Å². The molecule has 1 N–H and O–H groups in total. The molecule has 0 aliphatic carbocycles. The van der Waals surface area contributed by atoms with E-state index in [4.69, 9.17) is 32.7 Å². The molecule has 0 aromatic heterocycles. The molecule has 1 aliphatic rings. The van der Waals surface area contributed by atoms with Crippen molar-refractivity contribution in [3.8, 4) is 17.2 Å². The second kappa shape index (κ2) is 12.0. The second-order valence-corrected chi connectivity index (χ2v) is 12.9. The number of nitrogens with zero attached hydrogens (tertiary/aromatic N) is 1. The molecular weight excluding hydrogens is 523 g/mol. The average molecular weight is 558 g/mol. The van der Waals surface area contributed by atoms with Crippen molar-refractivity contribution in [2.24, 2.45) is 5.92 Å². The number of amides is 1. The Morgan fingerprint density at radius 3 is 2.39 bits per heavy atom. The Hall–Kier alpha value is -2.00. The van der Waals surface area contributed by atoms with Crippen LogP contribution in [0.5, 0.6) is 17.2 Å². The van der Waals surface area contributed by atoms with E-state index >= 15 is 0 Å². The van der Waals surface area contributed by atoms with Crippen molar-refractivity contribution in [3.05, 3.63) is 45.9 Å². The van der Waals surface area contributed by atoms with Gasteiger partial charge in [0, 0.05) is 30.8 Å². The molecule has 1 atom stereocenters. The Morgan fingerprint density at radius 2 is 1.81 bits per heavy atom. The summed E-state index contributed by atoms with van der Waals surface area (Å²) in [7, 11) is -1.71. The lowest BCUT2D eigenvalue weighted by molar-refractivity contribution is -0.117. The molecule has 10 heteroatoms. The number of ether oxygens (including phenoxy) is 2. The van der Waals surface area contributed by atoms with Gasteiger partial charge in [0.1, 0.15) is 11.5 Å². The van der Waals surface area contributed by atoms with Gasteiger partial charge in [0.2, 0.25) is 15.9 Å². The summed E-state index contributed by atoms with van der Waals surface area (Å²) in [4.78, 5) is 12.7. The van der Waals surface area contributed by atoms with E-state index in [0.717, 1.165) is 24.2 Å². The number of piperidine rings is 1. The fourth-order valence-corrected chi connectivity index (χ4v) is 6.23. The highest BCUT2D eigenvalue weighted by atomic mass is 35.5. The summed E-state index contributed by atoms with van der Waals surface area (Å²) in [5.41, 5.74) is 1.44. The zero-order valence-corrected chi connectivity index (χ0v) is 23.6. The molecule has 0 bridgehead atoms. The van der Waals surface area contributed by atoms with Crippen LogP contribution in [-0.4, -0.2) is 44.1 Å². The van der Waals surface area contributed by atoms with Crippen LogP contribution in [0.25, 0.3) is 0 Å². The summed E-state index contributed by atoms with van der Waals surface area (Å²) < 4.78 is 37.9. The third-order valence-corrected chi connectivity index (χ3v) is 9.04. The largest absolute Gasteiger partial charge is 0.496 e. The molecular formula is C26H34Cl2N2O5S. The summed E-state index contributed by atoms with van der Waals surface area (Å²) in [5.74, 6) is 1.59. The maximum Gasteiger partial charge on any atom is 0.224 e. The predicted molar refractivity (Wildman–Crippen MR) is 145 cm³/mol. The van der Waals surface area contributed by atoms with Gasteiger partial charge in [-0.1, -0.05) is 37.0 Å². The molecule has 1 amide bonds. The summed E-state index contributed by atoms with van der Waals surface area (Å²) in [6.07, 6.45) is 1.74. The van der Waals surface area contributed by atoms with Gasteiger partial charge in [-0.3, -0.25) is 4.79 Å². The molecule has 1 saturated heterocycles. The van der Waals surface area contributed by atoms with Gasteiger partial charge in [-0.15, -0.1) is 0 Å². The van der Waals surface area contributed by atoms with Crippen molar-refractivity contribution in [3.63, 3.8) is 0 Å². The second-order valence-electron chi connectivity index (χ2n) is 9.64. The number of methoxy groups -OCH3 is 1. The number of hydrogen-bond donors (Lipinski definition) is 1. The lowest BCUT2D eigenvalue weighted by Gasteiger charge is -2.32. The number of carbonyl (C=O) groups excluding carboxylic acids is 1. The molecule has 0 spiro atoms. The van der Waals surface area contributed by atoms with Crippen LogP contribution >= 0.6 is 23.2 Å². The minimum Gasteiger partial charge on any atom is -0.496 e. The molecule has 7 nitrogen and oxygen atoms in total.